The highest BCUT2D eigenvalue weighted by Crippen LogP contribution is 2.24. The Kier molecular flexibility index (Phi) is 5.14. The molecule has 1 amide bonds. The van der Waals surface area contributed by atoms with Gasteiger partial charge in [-0.15, -0.1) is 11.8 Å². The maximum atomic E-state index is 12.8. The summed E-state index contributed by atoms with van der Waals surface area (Å²) in [5.41, 5.74) is 2.61. The standard InChI is InChI=1S/C18H19N5OS/c1-13(14-6-8-15(9-7-14)23-12-19-11-21-23)22(2)18(24)16-5-4-10-20-17(16)25-3/h4-13H,1-3H3/t13-/m1/s1. The molecule has 1 aromatic carbocycles. The number of rotatable bonds is 5. The first-order valence-electron chi connectivity index (χ1n) is 7.83. The van der Waals surface area contributed by atoms with Crippen molar-refractivity contribution in [2.24, 2.45) is 0 Å². The summed E-state index contributed by atoms with van der Waals surface area (Å²) in [5, 5.41) is 4.86. The Bertz CT molecular complexity index is 848. The van der Waals surface area contributed by atoms with Crippen molar-refractivity contribution in [1.82, 2.24) is 24.6 Å². The number of hydrogen-bond acceptors (Lipinski definition) is 5. The molecule has 0 aliphatic rings. The number of carbonyl (C=O) groups excluding carboxylic acids is 1. The van der Waals surface area contributed by atoms with Crippen LogP contribution in [0.4, 0.5) is 0 Å². The van der Waals surface area contributed by atoms with Gasteiger partial charge in [-0.1, -0.05) is 12.1 Å². The second-order valence-corrected chi connectivity index (χ2v) is 6.38. The van der Waals surface area contributed by atoms with Crippen LogP contribution in [-0.4, -0.2) is 43.9 Å². The molecule has 0 saturated carbocycles. The van der Waals surface area contributed by atoms with E-state index in [1.165, 1.54) is 18.1 Å². The van der Waals surface area contributed by atoms with Crippen molar-refractivity contribution in [3.63, 3.8) is 0 Å². The van der Waals surface area contributed by atoms with Gasteiger partial charge in [0.2, 0.25) is 0 Å². The number of nitrogens with zero attached hydrogens (tertiary/aromatic N) is 5. The van der Waals surface area contributed by atoms with E-state index >= 15 is 0 Å². The summed E-state index contributed by atoms with van der Waals surface area (Å²) in [6.45, 7) is 2.01. The molecule has 1 atom stereocenters. The Morgan fingerprint density at radius 1 is 1.24 bits per heavy atom. The minimum atomic E-state index is -0.0628. The molecule has 0 spiro atoms. The van der Waals surface area contributed by atoms with Crippen LogP contribution in [0, 0.1) is 0 Å². The van der Waals surface area contributed by atoms with Gasteiger partial charge >= 0.3 is 0 Å². The van der Waals surface area contributed by atoms with Crippen molar-refractivity contribution < 1.29 is 4.79 Å². The van der Waals surface area contributed by atoms with Gasteiger partial charge in [-0.3, -0.25) is 4.79 Å². The van der Waals surface area contributed by atoms with Crippen LogP contribution in [0.5, 0.6) is 0 Å². The van der Waals surface area contributed by atoms with E-state index in [2.05, 4.69) is 15.1 Å². The first-order valence-corrected chi connectivity index (χ1v) is 9.05. The van der Waals surface area contributed by atoms with E-state index in [-0.39, 0.29) is 11.9 Å². The fraction of sp³-hybridized carbons (Fsp3) is 0.222. The van der Waals surface area contributed by atoms with Crippen molar-refractivity contribution in [2.45, 2.75) is 18.0 Å². The average Bonchev–Trinajstić information content (AvgIpc) is 3.21. The predicted molar refractivity (Wildman–Crippen MR) is 97.9 cm³/mol. The second kappa shape index (κ2) is 7.48. The van der Waals surface area contributed by atoms with Crippen molar-refractivity contribution in [3.8, 4) is 5.69 Å². The van der Waals surface area contributed by atoms with Gasteiger partial charge in [0.1, 0.15) is 17.7 Å². The lowest BCUT2D eigenvalue weighted by molar-refractivity contribution is 0.0738. The third-order valence-electron chi connectivity index (χ3n) is 4.15. The molecular weight excluding hydrogens is 334 g/mol. The van der Waals surface area contributed by atoms with Crippen molar-refractivity contribution in [3.05, 3.63) is 66.4 Å². The quantitative estimate of drug-likeness (QED) is 0.659. The van der Waals surface area contributed by atoms with E-state index in [1.54, 1.807) is 28.2 Å². The molecular formula is C18H19N5OS. The number of hydrogen-bond donors (Lipinski definition) is 0. The minimum Gasteiger partial charge on any atom is -0.335 e. The molecule has 0 fully saturated rings. The summed E-state index contributed by atoms with van der Waals surface area (Å²) >= 11 is 1.47. The number of pyridine rings is 1. The molecule has 2 heterocycles. The summed E-state index contributed by atoms with van der Waals surface area (Å²) in [4.78, 5) is 22.8. The van der Waals surface area contributed by atoms with Crippen LogP contribution in [0.15, 0.2) is 60.3 Å². The number of carbonyl (C=O) groups is 1. The highest BCUT2D eigenvalue weighted by Gasteiger charge is 2.21. The van der Waals surface area contributed by atoms with Crippen molar-refractivity contribution in [2.75, 3.05) is 13.3 Å². The summed E-state index contributed by atoms with van der Waals surface area (Å²) in [6, 6.07) is 11.5. The van der Waals surface area contributed by atoms with E-state index in [0.29, 0.717) is 5.56 Å². The van der Waals surface area contributed by atoms with Crippen LogP contribution in [0.3, 0.4) is 0 Å². The Hall–Kier alpha value is -2.67. The van der Waals surface area contributed by atoms with E-state index in [4.69, 9.17) is 0 Å². The largest absolute Gasteiger partial charge is 0.335 e. The van der Waals surface area contributed by atoms with Crippen molar-refractivity contribution >= 4 is 17.7 Å². The number of aromatic nitrogens is 4. The monoisotopic (exact) mass is 353 g/mol. The highest BCUT2D eigenvalue weighted by molar-refractivity contribution is 7.98. The van der Waals surface area contributed by atoms with Gasteiger partial charge in [-0.05, 0) is 43.0 Å². The van der Waals surface area contributed by atoms with Crippen LogP contribution >= 0.6 is 11.8 Å². The van der Waals surface area contributed by atoms with Gasteiger partial charge in [0.05, 0.1) is 17.3 Å². The molecule has 0 aliphatic heterocycles. The molecule has 0 radical (unpaired) electrons. The molecule has 128 valence electrons. The smallest absolute Gasteiger partial charge is 0.256 e. The lowest BCUT2D eigenvalue weighted by Crippen LogP contribution is -2.30. The van der Waals surface area contributed by atoms with E-state index in [9.17, 15) is 4.79 Å². The molecule has 3 aromatic rings. The van der Waals surface area contributed by atoms with Gasteiger partial charge < -0.3 is 4.90 Å². The summed E-state index contributed by atoms with van der Waals surface area (Å²) in [5.74, 6) is -0.0368. The fourth-order valence-corrected chi connectivity index (χ4v) is 3.09. The summed E-state index contributed by atoms with van der Waals surface area (Å²) < 4.78 is 1.70. The molecule has 7 heteroatoms. The molecule has 3 rings (SSSR count). The SMILES string of the molecule is CSc1ncccc1C(=O)N(C)[C@H](C)c1ccc(-n2cncn2)cc1. The topological polar surface area (TPSA) is 63.9 Å². The number of thioether (sulfide) groups is 1. The van der Waals surface area contributed by atoms with Gasteiger partial charge in [-0.25, -0.2) is 14.6 Å². The average molecular weight is 353 g/mol. The van der Waals surface area contributed by atoms with Crippen LogP contribution in [0.25, 0.3) is 5.69 Å². The van der Waals surface area contributed by atoms with Crippen LogP contribution in [-0.2, 0) is 0 Å². The third-order valence-corrected chi connectivity index (χ3v) is 4.87. The number of amides is 1. The van der Waals surface area contributed by atoms with E-state index in [0.717, 1.165) is 16.3 Å². The molecule has 0 aliphatic carbocycles. The van der Waals surface area contributed by atoms with Crippen LogP contribution in [0.1, 0.15) is 28.9 Å². The molecule has 0 N–H and O–H groups in total. The first kappa shape index (κ1) is 17.2. The maximum Gasteiger partial charge on any atom is 0.256 e. The summed E-state index contributed by atoms with van der Waals surface area (Å²) in [6.07, 6.45) is 6.78. The van der Waals surface area contributed by atoms with Crippen LogP contribution < -0.4 is 0 Å². The Morgan fingerprint density at radius 2 is 2.00 bits per heavy atom. The van der Waals surface area contributed by atoms with E-state index in [1.807, 2.05) is 50.6 Å². The lowest BCUT2D eigenvalue weighted by Gasteiger charge is -2.26. The third kappa shape index (κ3) is 3.56. The Morgan fingerprint density at radius 3 is 2.64 bits per heavy atom. The molecule has 0 saturated heterocycles. The molecule has 0 unspecified atom stereocenters. The normalized spacial score (nSPS) is 12.0. The van der Waals surface area contributed by atoms with Gasteiger partial charge in [0.25, 0.3) is 5.91 Å². The highest BCUT2D eigenvalue weighted by atomic mass is 32.2. The van der Waals surface area contributed by atoms with Gasteiger partial charge in [0, 0.05) is 13.2 Å². The van der Waals surface area contributed by atoms with Gasteiger partial charge in [-0.2, -0.15) is 5.10 Å². The zero-order valence-corrected chi connectivity index (χ0v) is 15.1. The maximum absolute atomic E-state index is 12.8. The molecule has 25 heavy (non-hydrogen) atoms. The molecule has 0 bridgehead atoms. The molecule has 2 aromatic heterocycles. The predicted octanol–water partition coefficient (Wildman–Crippen LogP) is 3.22. The second-order valence-electron chi connectivity index (χ2n) is 5.58. The lowest BCUT2D eigenvalue weighted by atomic mass is 10.1. The fourth-order valence-electron chi connectivity index (χ4n) is 2.55. The molecule has 6 nitrogen and oxygen atoms in total. The van der Waals surface area contributed by atoms with E-state index < -0.39 is 0 Å². The zero-order chi connectivity index (χ0) is 17.8. The number of benzene rings is 1. The first-order chi connectivity index (χ1) is 12.1. The van der Waals surface area contributed by atoms with Crippen LogP contribution in [0.2, 0.25) is 0 Å². The van der Waals surface area contributed by atoms with Crippen molar-refractivity contribution in [1.29, 1.82) is 0 Å². The zero-order valence-electron chi connectivity index (χ0n) is 14.3. The Balaban J connectivity index is 1.80. The Labute approximate surface area is 150 Å². The van der Waals surface area contributed by atoms with Gasteiger partial charge in [0.15, 0.2) is 0 Å². The minimum absolute atomic E-state index is 0.0368. The summed E-state index contributed by atoms with van der Waals surface area (Å²) in [7, 11) is 1.81.